The smallest absolute Gasteiger partial charge is 0.312 e. The molecule has 2 unspecified atom stereocenters. The van der Waals surface area contributed by atoms with Crippen LogP contribution in [0.2, 0.25) is 0 Å². The van der Waals surface area contributed by atoms with Crippen molar-refractivity contribution >= 4 is 5.97 Å². The lowest BCUT2D eigenvalue weighted by molar-refractivity contribution is -0.168. The van der Waals surface area contributed by atoms with E-state index in [2.05, 4.69) is 0 Å². The molecule has 0 fully saturated rings. The summed E-state index contributed by atoms with van der Waals surface area (Å²) in [5.74, 6) is -1.72. The Balaban J connectivity index is 3.02. The Morgan fingerprint density at radius 2 is 1.85 bits per heavy atom. The maximum atomic E-state index is 13.6. The number of carbonyl (C=O) groups excluding carboxylic acids is 1. The molecule has 0 amide bonds. The lowest BCUT2D eigenvalue weighted by Crippen LogP contribution is -2.39. The minimum atomic E-state index is -1.49. The Kier molecular flexibility index (Phi) is 4.59. The lowest BCUT2D eigenvalue weighted by atomic mass is 9.83. The molecule has 0 bridgehead atoms. The topological polar surface area (TPSA) is 46.5 Å². The molecule has 2 atom stereocenters. The fraction of sp³-hybridized carbons (Fsp3) is 0.562. The van der Waals surface area contributed by atoms with Crippen LogP contribution >= 0.6 is 0 Å². The lowest BCUT2D eigenvalue weighted by Gasteiger charge is -2.32. The molecule has 3 nitrogen and oxygen atoms in total. The molecule has 0 saturated heterocycles. The van der Waals surface area contributed by atoms with Gasteiger partial charge in [0.25, 0.3) is 0 Å². The Morgan fingerprint density at radius 1 is 1.30 bits per heavy atom. The summed E-state index contributed by atoms with van der Waals surface area (Å²) in [4.78, 5) is 12.1. The van der Waals surface area contributed by atoms with Crippen LogP contribution in [0.4, 0.5) is 4.39 Å². The molecule has 112 valence electrons. The molecule has 0 aliphatic carbocycles. The van der Waals surface area contributed by atoms with Crippen LogP contribution in [0.3, 0.4) is 0 Å². The molecule has 0 heterocycles. The van der Waals surface area contributed by atoms with E-state index < -0.39 is 28.9 Å². The van der Waals surface area contributed by atoms with E-state index in [1.54, 1.807) is 46.8 Å². The van der Waals surface area contributed by atoms with Gasteiger partial charge in [-0.25, -0.2) is 4.39 Å². The van der Waals surface area contributed by atoms with Gasteiger partial charge in [0, 0.05) is 0 Å². The van der Waals surface area contributed by atoms with Gasteiger partial charge < -0.3 is 9.84 Å². The van der Waals surface area contributed by atoms with E-state index in [1.165, 1.54) is 13.0 Å². The molecule has 4 heteroatoms. The van der Waals surface area contributed by atoms with Crippen molar-refractivity contribution in [1.82, 2.24) is 0 Å². The zero-order valence-electron chi connectivity index (χ0n) is 13.0. The van der Waals surface area contributed by atoms with Crippen LogP contribution in [0.25, 0.3) is 0 Å². The normalized spacial score (nSPS) is 16.4. The second kappa shape index (κ2) is 5.52. The number of benzene rings is 1. The average molecular weight is 282 g/mol. The number of aliphatic hydroxyl groups is 1. The van der Waals surface area contributed by atoms with E-state index in [4.69, 9.17) is 4.74 Å². The van der Waals surface area contributed by atoms with Crippen molar-refractivity contribution in [1.29, 1.82) is 0 Å². The first-order valence-electron chi connectivity index (χ1n) is 6.67. The Bertz CT molecular complexity index is 501. The van der Waals surface area contributed by atoms with E-state index in [9.17, 15) is 14.3 Å². The highest BCUT2D eigenvalue weighted by Crippen LogP contribution is 2.32. The van der Waals surface area contributed by atoms with E-state index in [-0.39, 0.29) is 0 Å². The van der Waals surface area contributed by atoms with Crippen LogP contribution in [-0.4, -0.2) is 16.7 Å². The van der Waals surface area contributed by atoms with Crippen LogP contribution in [-0.2, 0) is 15.1 Å². The summed E-state index contributed by atoms with van der Waals surface area (Å²) >= 11 is 0. The van der Waals surface area contributed by atoms with Gasteiger partial charge in [-0.2, -0.15) is 0 Å². The molecule has 0 aromatic heterocycles. The van der Waals surface area contributed by atoms with E-state index in [0.717, 1.165) is 0 Å². The first-order valence-corrected chi connectivity index (χ1v) is 6.67. The summed E-state index contributed by atoms with van der Waals surface area (Å²) in [6.07, 6.45) is 0. The average Bonchev–Trinajstić information content (AvgIpc) is 2.29. The number of ether oxygens (including phenoxy) is 1. The molecule has 1 rings (SSSR count). The SMILES string of the molecule is Cc1ccc(C(C)(O)C(C)C(=O)OC(C)(C)C)cc1F. The van der Waals surface area contributed by atoms with Crippen LogP contribution in [0.1, 0.15) is 45.7 Å². The van der Waals surface area contributed by atoms with Gasteiger partial charge in [-0.15, -0.1) is 0 Å². The molecule has 0 spiro atoms. The number of rotatable bonds is 3. The number of carbonyl (C=O) groups is 1. The van der Waals surface area contributed by atoms with Crippen molar-refractivity contribution in [3.05, 3.63) is 35.1 Å². The first kappa shape index (κ1) is 16.6. The summed E-state index contributed by atoms with van der Waals surface area (Å²) in [5, 5.41) is 10.6. The van der Waals surface area contributed by atoms with Crippen molar-refractivity contribution in [2.45, 2.75) is 52.7 Å². The molecular formula is C16H23FO3. The van der Waals surface area contributed by atoms with Crippen molar-refractivity contribution < 1.29 is 19.0 Å². The Hall–Kier alpha value is -1.42. The summed E-state index contributed by atoms with van der Waals surface area (Å²) in [5.41, 5.74) is -1.26. The third-order valence-corrected chi connectivity index (χ3v) is 3.36. The van der Waals surface area contributed by atoms with Gasteiger partial charge in [0.15, 0.2) is 0 Å². The highest BCUT2D eigenvalue weighted by atomic mass is 19.1. The van der Waals surface area contributed by atoms with Gasteiger partial charge in [-0.3, -0.25) is 4.79 Å². The number of hydrogen-bond donors (Lipinski definition) is 1. The van der Waals surface area contributed by atoms with Gasteiger partial charge in [0.1, 0.15) is 11.4 Å². The number of halogens is 1. The molecule has 1 aromatic rings. The third kappa shape index (κ3) is 3.79. The quantitative estimate of drug-likeness (QED) is 0.865. The maximum absolute atomic E-state index is 13.6. The molecule has 0 aliphatic heterocycles. The standard InChI is InChI=1S/C16H23FO3/c1-10-7-8-12(9-13(10)17)16(6,19)11(2)14(18)20-15(3,4)5/h7-9,11,19H,1-6H3. The van der Waals surface area contributed by atoms with Gasteiger partial charge in [-0.1, -0.05) is 12.1 Å². The first-order chi connectivity index (χ1) is 8.95. The summed E-state index contributed by atoms with van der Waals surface area (Å²) in [7, 11) is 0. The van der Waals surface area contributed by atoms with Crippen LogP contribution in [0.5, 0.6) is 0 Å². The largest absolute Gasteiger partial charge is 0.460 e. The van der Waals surface area contributed by atoms with Gasteiger partial charge in [0.2, 0.25) is 0 Å². The Morgan fingerprint density at radius 3 is 2.30 bits per heavy atom. The van der Waals surface area contributed by atoms with E-state index in [1.807, 2.05) is 0 Å². The molecule has 20 heavy (non-hydrogen) atoms. The molecule has 1 aromatic carbocycles. The van der Waals surface area contributed by atoms with E-state index >= 15 is 0 Å². The van der Waals surface area contributed by atoms with Crippen molar-refractivity contribution in [3.63, 3.8) is 0 Å². The van der Waals surface area contributed by atoms with Crippen LogP contribution < -0.4 is 0 Å². The maximum Gasteiger partial charge on any atom is 0.312 e. The fourth-order valence-corrected chi connectivity index (χ4v) is 1.78. The molecule has 0 radical (unpaired) electrons. The second-order valence-electron chi connectivity index (χ2n) is 6.37. The number of hydrogen-bond acceptors (Lipinski definition) is 3. The predicted molar refractivity (Wildman–Crippen MR) is 75.7 cm³/mol. The number of esters is 1. The molecule has 1 N–H and O–H groups in total. The highest BCUT2D eigenvalue weighted by Gasteiger charge is 2.38. The van der Waals surface area contributed by atoms with Crippen LogP contribution in [0.15, 0.2) is 18.2 Å². The zero-order chi connectivity index (χ0) is 15.7. The molecule has 0 aliphatic rings. The summed E-state index contributed by atoms with van der Waals surface area (Å²) < 4.78 is 18.9. The summed E-state index contributed by atoms with van der Waals surface area (Å²) in [6, 6.07) is 4.47. The van der Waals surface area contributed by atoms with Crippen LogP contribution in [0, 0.1) is 18.7 Å². The fourth-order valence-electron chi connectivity index (χ4n) is 1.78. The second-order valence-corrected chi connectivity index (χ2v) is 6.37. The monoisotopic (exact) mass is 282 g/mol. The molecule has 0 saturated carbocycles. The molecular weight excluding hydrogens is 259 g/mol. The summed E-state index contributed by atoms with van der Waals surface area (Å²) in [6.45, 7) is 10.00. The predicted octanol–water partition coefficient (Wildman–Crippen LogP) is 3.32. The minimum Gasteiger partial charge on any atom is -0.460 e. The van der Waals surface area contributed by atoms with Gasteiger partial charge in [-0.05, 0) is 58.7 Å². The van der Waals surface area contributed by atoms with Crippen molar-refractivity contribution in [2.24, 2.45) is 5.92 Å². The Labute approximate surface area is 119 Å². The van der Waals surface area contributed by atoms with E-state index in [0.29, 0.717) is 11.1 Å². The number of aryl methyl sites for hydroxylation is 1. The van der Waals surface area contributed by atoms with Gasteiger partial charge >= 0.3 is 5.97 Å². The van der Waals surface area contributed by atoms with Crippen molar-refractivity contribution in [2.75, 3.05) is 0 Å². The highest BCUT2D eigenvalue weighted by molar-refractivity contribution is 5.74. The van der Waals surface area contributed by atoms with Crippen molar-refractivity contribution in [3.8, 4) is 0 Å². The minimum absolute atomic E-state index is 0.360. The van der Waals surface area contributed by atoms with Gasteiger partial charge in [0.05, 0.1) is 11.5 Å². The third-order valence-electron chi connectivity index (χ3n) is 3.36. The zero-order valence-corrected chi connectivity index (χ0v) is 13.0.